The van der Waals surface area contributed by atoms with Gasteiger partial charge >= 0.3 is 0 Å². The van der Waals surface area contributed by atoms with Gasteiger partial charge in [-0.2, -0.15) is 6.07 Å². The zero-order chi connectivity index (χ0) is 12.6. The predicted octanol–water partition coefficient (Wildman–Crippen LogP) is 1.96. The maximum atomic E-state index is 11.8. The molecular weight excluding hydrogens is 303 g/mol. The average Bonchev–Trinajstić information content (AvgIpc) is 2.69. The fourth-order valence-corrected chi connectivity index (χ4v) is 1.61. The number of hydrogen-bond acceptors (Lipinski definition) is 2. The number of amides is 1. The van der Waals surface area contributed by atoms with Crippen LogP contribution in [0.1, 0.15) is 35.8 Å². The molecule has 0 spiro atoms. The molecule has 1 radical (unpaired) electrons. The molecule has 0 aromatic carbocycles. The molecule has 0 aliphatic rings. The van der Waals surface area contributed by atoms with E-state index < -0.39 is 0 Å². The van der Waals surface area contributed by atoms with Crippen molar-refractivity contribution >= 4 is 11.6 Å². The Balaban J connectivity index is 0.00000162. The zero-order valence-corrected chi connectivity index (χ0v) is 14.0. The first-order valence-corrected chi connectivity index (χ1v) is 5.61. The number of imidazole rings is 1. The number of fused-ring (bicyclic) bond motifs is 1. The van der Waals surface area contributed by atoms with E-state index in [1.54, 1.807) is 20.3 Å². The molecule has 2 aromatic heterocycles. The Morgan fingerprint density at radius 3 is 2.67 bits per heavy atom. The van der Waals surface area contributed by atoms with Crippen LogP contribution in [0.25, 0.3) is 5.65 Å². The Morgan fingerprint density at radius 2 is 2.11 bits per heavy atom. The molecule has 5 heteroatoms. The minimum atomic E-state index is -0.0835. The molecule has 0 atom stereocenters. The van der Waals surface area contributed by atoms with Crippen molar-refractivity contribution in [3.8, 4) is 0 Å². The Morgan fingerprint density at radius 1 is 1.44 bits per heavy atom. The van der Waals surface area contributed by atoms with E-state index in [1.165, 1.54) is 4.90 Å². The van der Waals surface area contributed by atoms with Crippen molar-refractivity contribution in [2.75, 3.05) is 14.1 Å². The summed E-state index contributed by atoms with van der Waals surface area (Å²) in [5, 5.41) is 0. The molecule has 0 unspecified atom stereocenters. The van der Waals surface area contributed by atoms with Crippen LogP contribution in [-0.4, -0.2) is 34.3 Å². The SMILES string of the molecule is CC(C)c1[c-]cn2cc(C(=O)N(C)C)nc2c1.[Y]. The number of pyridine rings is 1. The smallest absolute Gasteiger partial charge is 0.273 e. The number of aromatic nitrogens is 2. The molecule has 93 valence electrons. The standard InChI is InChI=1S/C13H16N3O.Y/c1-9(2)10-5-6-16-8-11(13(17)15(3)4)14-12(16)7-10;/h6-9H,1-4H3;/q-1;. The van der Waals surface area contributed by atoms with Gasteiger partial charge in [-0.15, -0.1) is 0 Å². The summed E-state index contributed by atoms with van der Waals surface area (Å²) in [4.78, 5) is 17.6. The van der Waals surface area contributed by atoms with E-state index in [-0.39, 0.29) is 38.6 Å². The van der Waals surface area contributed by atoms with Gasteiger partial charge < -0.3 is 9.30 Å². The van der Waals surface area contributed by atoms with Crippen molar-refractivity contribution in [1.82, 2.24) is 14.3 Å². The third-order valence-corrected chi connectivity index (χ3v) is 2.66. The van der Waals surface area contributed by atoms with E-state index in [4.69, 9.17) is 0 Å². The minimum Gasteiger partial charge on any atom is -0.343 e. The molecule has 0 N–H and O–H groups in total. The maximum absolute atomic E-state index is 11.8. The van der Waals surface area contributed by atoms with Crippen molar-refractivity contribution in [1.29, 1.82) is 0 Å². The molecule has 18 heavy (non-hydrogen) atoms. The maximum Gasteiger partial charge on any atom is 0.273 e. The van der Waals surface area contributed by atoms with Crippen LogP contribution in [0.15, 0.2) is 18.5 Å². The van der Waals surface area contributed by atoms with Crippen LogP contribution in [0, 0.1) is 6.07 Å². The third-order valence-electron chi connectivity index (χ3n) is 2.66. The quantitative estimate of drug-likeness (QED) is 0.794. The third kappa shape index (κ3) is 2.98. The summed E-state index contributed by atoms with van der Waals surface area (Å²) in [6.45, 7) is 4.22. The first kappa shape index (κ1) is 15.3. The van der Waals surface area contributed by atoms with Crippen LogP contribution in [0.2, 0.25) is 0 Å². The van der Waals surface area contributed by atoms with Crippen molar-refractivity contribution in [2.45, 2.75) is 19.8 Å². The van der Waals surface area contributed by atoms with Gasteiger partial charge in [0.2, 0.25) is 0 Å². The summed E-state index contributed by atoms with van der Waals surface area (Å²) in [7, 11) is 3.44. The molecule has 4 nitrogen and oxygen atoms in total. The molecular formula is C13H16N3OY-. The van der Waals surface area contributed by atoms with Gasteiger partial charge in [-0.3, -0.25) is 4.79 Å². The van der Waals surface area contributed by atoms with Crippen molar-refractivity contribution in [3.05, 3.63) is 35.8 Å². The number of rotatable bonds is 2. The van der Waals surface area contributed by atoms with Crippen molar-refractivity contribution < 1.29 is 37.5 Å². The van der Waals surface area contributed by atoms with Gasteiger partial charge in [0.25, 0.3) is 5.91 Å². The minimum absolute atomic E-state index is 0. The molecule has 1 amide bonds. The topological polar surface area (TPSA) is 37.6 Å². The molecule has 0 saturated carbocycles. The molecule has 0 fully saturated rings. The first-order valence-electron chi connectivity index (χ1n) is 5.61. The van der Waals surface area contributed by atoms with Gasteiger partial charge in [0.1, 0.15) is 5.69 Å². The van der Waals surface area contributed by atoms with Crippen LogP contribution in [0.4, 0.5) is 0 Å². The van der Waals surface area contributed by atoms with E-state index >= 15 is 0 Å². The molecule has 0 aliphatic carbocycles. The first-order chi connectivity index (χ1) is 7.99. The summed E-state index contributed by atoms with van der Waals surface area (Å²) in [5.74, 6) is 0.324. The van der Waals surface area contributed by atoms with Gasteiger partial charge in [-0.1, -0.05) is 26.0 Å². The van der Waals surface area contributed by atoms with E-state index in [9.17, 15) is 4.79 Å². The Kier molecular flexibility index (Phi) is 5.05. The van der Waals surface area contributed by atoms with Crippen LogP contribution >= 0.6 is 0 Å². The average molecular weight is 319 g/mol. The van der Waals surface area contributed by atoms with Crippen LogP contribution in [-0.2, 0) is 32.7 Å². The molecule has 2 heterocycles. The zero-order valence-electron chi connectivity index (χ0n) is 11.1. The number of carbonyl (C=O) groups is 1. The molecule has 0 saturated heterocycles. The van der Waals surface area contributed by atoms with Gasteiger partial charge in [0.15, 0.2) is 0 Å². The van der Waals surface area contributed by atoms with Crippen LogP contribution in [0.5, 0.6) is 0 Å². The number of carbonyl (C=O) groups excluding carboxylic acids is 1. The predicted molar refractivity (Wildman–Crippen MR) is 66.1 cm³/mol. The summed E-state index contributed by atoms with van der Waals surface area (Å²) < 4.78 is 1.82. The van der Waals surface area contributed by atoms with E-state index in [0.717, 1.165) is 11.2 Å². The summed E-state index contributed by atoms with van der Waals surface area (Å²) in [6.07, 6.45) is 3.56. The van der Waals surface area contributed by atoms with Gasteiger partial charge in [-0.05, 0) is 0 Å². The molecule has 0 bridgehead atoms. The Hall–Kier alpha value is -0.736. The monoisotopic (exact) mass is 319 g/mol. The van der Waals surface area contributed by atoms with Crippen LogP contribution in [0.3, 0.4) is 0 Å². The second-order valence-corrected chi connectivity index (χ2v) is 4.62. The fraction of sp³-hybridized carbons (Fsp3) is 0.385. The summed E-state index contributed by atoms with van der Waals surface area (Å²) in [6, 6.07) is 5.16. The van der Waals surface area contributed by atoms with Gasteiger partial charge in [-0.25, -0.2) is 16.6 Å². The van der Waals surface area contributed by atoms with E-state index in [1.807, 2.05) is 16.7 Å². The molecule has 2 aromatic rings. The van der Waals surface area contributed by atoms with E-state index in [0.29, 0.717) is 11.6 Å². The largest absolute Gasteiger partial charge is 0.343 e. The van der Waals surface area contributed by atoms with Crippen molar-refractivity contribution in [3.63, 3.8) is 0 Å². The molecule has 0 aliphatic heterocycles. The van der Waals surface area contributed by atoms with Gasteiger partial charge in [0, 0.05) is 53.0 Å². The van der Waals surface area contributed by atoms with Crippen LogP contribution < -0.4 is 0 Å². The van der Waals surface area contributed by atoms with Crippen molar-refractivity contribution in [2.24, 2.45) is 0 Å². The summed E-state index contributed by atoms with van der Waals surface area (Å²) >= 11 is 0. The Labute approximate surface area is 132 Å². The molecule has 2 rings (SSSR count). The second kappa shape index (κ2) is 5.94. The van der Waals surface area contributed by atoms with E-state index in [2.05, 4.69) is 24.9 Å². The fourth-order valence-electron chi connectivity index (χ4n) is 1.61. The summed E-state index contributed by atoms with van der Waals surface area (Å²) in [5.41, 5.74) is 2.36. The second-order valence-electron chi connectivity index (χ2n) is 4.62. The number of nitrogens with zero attached hydrogens (tertiary/aromatic N) is 3. The normalized spacial score (nSPS) is 10.5. The Bertz CT molecular complexity index is 560. The number of hydrogen-bond donors (Lipinski definition) is 0. The van der Waals surface area contributed by atoms with Gasteiger partial charge in [0.05, 0.1) is 5.65 Å².